The molecular formula is C12H20F3N3O2. The van der Waals surface area contributed by atoms with E-state index in [0.717, 1.165) is 12.8 Å². The fraction of sp³-hybridized carbons (Fsp3) is 0.833. The van der Waals surface area contributed by atoms with Crippen molar-refractivity contribution in [2.45, 2.75) is 50.9 Å². The Bertz CT molecular complexity index is 358. The van der Waals surface area contributed by atoms with Gasteiger partial charge in [0.05, 0.1) is 12.5 Å². The molecule has 1 heterocycles. The standard InChI is InChI=1S/C12H20F3N3O2/c1-8(16)11(20)18-7-3-2-4-9(18)10(19)17-6-5-12(13,14)15/h8-9H,2-7,16H2,1H3,(H,17,19)/t8-,9-/m0/s1. The van der Waals surface area contributed by atoms with E-state index in [9.17, 15) is 22.8 Å². The molecule has 0 radical (unpaired) electrons. The number of likely N-dealkylation sites (tertiary alicyclic amines) is 1. The van der Waals surface area contributed by atoms with Gasteiger partial charge in [0.15, 0.2) is 0 Å². The van der Waals surface area contributed by atoms with Crippen LogP contribution in [0, 0.1) is 0 Å². The molecule has 2 amide bonds. The van der Waals surface area contributed by atoms with Crippen LogP contribution in [0.25, 0.3) is 0 Å². The molecular weight excluding hydrogens is 275 g/mol. The molecule has 20 heavy (non-hydrogen) atoms. The van der Waals surface area contributed by atoms with Crippen LogP contribution in [-0.4, -0.2) is 48.1 Å². The lowest BCUT2D eigenvalue weighted by molar-refractivity contribution is -0.145. The summed E-state index contributed by atoms with van der Waals surface area (Å²) >= 11 is 0. The number of halogens is 3. The number of piperidine rings is 1. The maximum Gasteiger partial charge on any atom is 0.390 e. The minimum absolute atomic E-state index is 0.347. The molecule has 0 unspecified atom stereocenters. The SMILES string of the molecule is C[C@H](N)C(=O)N1CCCC[C@H]1C(=O)NCCC(F)(F)F. The smallest absolute Gasteiger partial charge is 0.354 e. The highest BCUT2D eigenvalue weighted by Gasteiger charge is 2.34. The Morgan fingerprint density at radius 2 is 2.05 bits per heavy atom. The van der Waals surface area contributed by atoms with Crippen LogP contribution >= 0.6 is 0 Å². The fourth-order valence-electron chi connectivity index (χ4n) is 2.17. The van der Waals surface area contributed by atoms with Gasteiger partial charge in [0.25, 0.3) is 0 Å². The lowest BCUT2D eigenvalue weighted by Gasteiger charge is -2.35. The molecule has 0 aromatic rings. The highest BCUT2D eigenvalue weighted by Crippen LogP contribution is 2.20. The van der Waals surface area contributed by atoms with Crippen molar-refractivity contribution in [1.82, 2.24) is 10.2 Å². The average Bonchev–Trinajstić information content (AvgIpc) is 2.36. The molecule has 0 aliphatic carbocycles. The van der Waals surface area contributed by atoms with E-state index in [1.165, 1.54) is 11.8 Å². The molecule has 116 valence electrons. The minimum atomic E-state index is -4.30. The molecule has 0 saturated carbocycles. The first-order chi connectivity index (χ1) is 9.22. The van der Waals surface area contributed by atoms with Crippen LogP contribution in [0.5, 0.6) is 0 Å². The van der Waals surface area contributed by atoms with Gasteiger partial charge < -0.3 is 16.0 Å². The van der Waals surface area contributed by atoms with Crippen molar-refractivity contribution in [1.29, 1.82) is 0 Å². The summed E-state index contributed by atoms with van der Waals surface area (Å²) < 4.78 is 36.1. The van der Waals surface area contributed by atoms with Crippen LogP contribution in [0.15, 0.2) is 0 Å². The van der Waals surface area contributed by atoms with Gasteiger partial charge in [-0.1, -0.05) is 0 Å². The summed E-state index contributed by atoms with van der Waals surface area (Å²) in [5.74, 6) is -0.886. The van der Waals surface area contributed by atoms with E-state index in [0.29, 0.717) is 13.0 Å². The Balaban J connectivity index is 2.57. The number of carbonyl (C=O) groups excluding carboxylic acids is 2. The first-order valence-corrected chi connectivity index (χ1v) is 6.63. The van der Waals surface area contributed by atoms with E-state index in [1.54, 1.807) is 0 Å². The monoisotopic (exact) mass is 295 g/mol. The van der Waals surface area contributed by atoms with Gasteiger partial charge in [-0.15, -0.1) is 0 Å². The van der Waals surface area contributed by atoms with Gasteiger partial charge in [-0.2, -0.15) is 13.2 Å². The van der Waals surface area contributed by atoms with Gasteiger partial charge in [-0.3, -0.25) is 9.59 Å². The van der Waals surface area contributed by atoms with Gasteiger partial charge >= 0.3 is 6.18 Å². The number of nitrogens with two attached hydrogens (primary N) is 1. The minimum Gasteiger partial charge on any atom is -0.354 e. The van der Waals surface area contributed by atoms with Gasteiger partial charge in [0, 0.05) is 13.1 Å². The number of amides is 2. The molecule has 0 aromatic heterocycles. The van der Waals surface area contributed by atoms with Gasteiger partial charge in [-0.25, -0.2) is 0 Å². The molecule has 1 saturated heterocycles. The average molecular weight is 295 g/mol. The highest BCUT2D eigenvalue weighted by molar-refractivity contribution is 5.89. The van der Waals surface area contributed by atoms with Gasteiger partial charge in [0.2, 0.25) is 11.8 Å². The third-order valence-corrected chi connectivity index (χ3v) is 3.19. The zero-order valence-corrected chi connectivity index (χ0v) is 11.4. The zero-order chi connectivity index (χ0) is 15.3. The Kier molecular flexibility index (Phi) is 5.79. The van der Waals surface area contributed by atoms with Crippen LogP contribution in [0.4, 0.5) is 13.2 Å². The molecule has 0 bridgehead atoms. The Morgan fingerprint density at radius 3 is 2.60 bits per heavy atom. The normalized spacial score (nSPS) is 21.4. The quantitative estimate of drug-likeness (QED) is 0.805. The largest absolute Gasteiger partial charge is 0.390 e. The Morgan fingerprint density at radius 1 is 1.40 bits per heavy atom. The molecule has 1 rings (SSSR count). The molecule has 0 spiro atoms. The van der Waals surface area contributed by atoms with E-state index >= 15 is 0 Å². The summed E-state index contributed by atoms with van der Waals surface area (Å²) in [7, 11) is 0. The molecule has 2 atom stereocenters. The number of carbonyl (C=O) groups is 2. The van der Waals surface area contributed by atoms with Gasteiger partial charge in [0.1, 0.15) is 6.04 Å². The number of rotatable bonds is 4. The van der Waals surface area contributed by atoms with Crippen molar-refractivity contribution in [2.24, 2.45) is 5.73 Å². The number of hydrogen-bond acceptors (Lipinski definition) is 3. The lowest BCUT2D eigenvalue weighted by atomic mass is 10.0. The van der Waals surface area contributed by atoms with Crippen molar-refractivity contribution in [3.8, 4) is 0 Å². The van der Waals surface area contributed by atoms with Crippen LogP contribution in [0.2, 0.25) is 0 Å². The summed E-state index contributed by atoms with van der Waals surface area (Å²) in [5, 5.41) is 2.24. The van der Waals surface area contributed by atoms with E-state index in [2.05, 4.69) is 5.32 Å². The predicted octanol–water partition coefficient (Wildman–Crippen LogP) is 0.783. The third kappa shape index (κ3) is 4.99. The van der Waals surface area contributed by atoms with Crippen molar-refractivity contribution in [3.05, 3.63) is 0 Å². The van der Waals surface area contributed by atoms with Crippen LogP contribution in [-0.2, 0) is 9.59 Å². The van der Waals surface area contributed by atoms with Crippen LogP contribution < -0.4 is 11.1 Å². The summed E-state index contributed by atoms with van der Waals surface area (Å²) in [4.78, 5) is 25.2. The second kappa shape index (κ2) is 6.92. The molecule has 1 aliphatic rings. The topological polar surface area (TPSA) is 75.4 Å². The number of hydrogen-bond donors (Lipinski definition) is 2. The summed E-state index contributed by atoms with van der Waals surface area (Å²) in [6.45, 7) is 1.46. The highest BCUT2D eigenvalue weighted by atomic mass is 19.4. The van der Waals surface area contributed by atoms with Crippen LogP contribution in [0.3, 0.4) is 0 Å². The number of alkyl halides is 3. The van der Waals surface area contributed by atoms with Crippen molar-refractivity contribution in [2.75, 3.05) is 13.1 Å². The fourth-order valence-corrected chi connectivity index (χ4v) is 2.17. The molecule has 8 heteroatoms. The second-order valence-corrected chi connectivity index (χ2v) is 4.99. The first kappa shape index (κ1) is 16.7. The lowest BCUT2D eigenvalue weighted by Crippen LogP contribution is -2.55. The Hall–Kier alpha value is -1.31. The summed E-state index contributed by atoms with van der Waals surface area (Å²) in [5.41, 5.74) is 5.51. The molecule has 0 aromatic carbocycles. The molecule has 1 fully saturated rings. The van der Waals surface area contributed by atoms with Crippen molar-refractivity contribution >= 4 is 11.8 Å². The van der Waals surface area contributed by atoms with Crippen molar-refractivity contribution in [3.63, 3.8) is 0 Å². The molecule has 1 aliphatic heterocycles. The van der Waals surface area contributed by atoms with E-state index in [1.807, 2.05) is 0 Å². The van der Waals surface area contributed by atoms with Crippen molar-refractivity contribution < 1.29 is 22.8 Å². The molecule has 5 nitrogen and oxygen atoms in total. The third-order valence-electron chi connectivity index (χ3n) is 3.19. The summed E-state index contributed by atoms with van der Waals surface area (Å²) in [6.07, 6.45) is -3.39. The molecule has 3 N–H and O–H groups in total. The predicted molar refractivity (Wildman–Crippen MR) is 66.7 cm³/mol. The Labute approximate surface area is 115 Å². The van der Waals surface area contributed by atoms with E-state index in [-0.39, 0.29) is 5.91 Å². The summed E-state index contributed by atoms with van der Waals surface area (Å²) in [6, 6.07) is -1.44. The van der Waals surface area contributed by atoms with Gasteiger partial charge in [-0.05, 0) is 26.2 Å². The zero-order valence-electron chi connectivity index (χ0n) is 11.4. The van der Waals surface area contributed by atoms with Crippen LogP contribution in [0.1, 0.15) is 32.6 Å². The maximum absolute atomic E-state index is 12.0. The maximum atomic E-state index is 12.0. The number of nitrogens with zero attached hydrogens (tertiary/aromatic N) is 1. The first-order valence-electron chi connectivity index (χ1n) is 6.63. The van der Waals surface area contributed by atoms with E-state index in [4.69, 9.17) is 5.73 Å². The number of nitrogens with one attached hydrogen (secondary N) is 1. The second-order valence-electron chi connectivity index (χ2n) is 4.99. The van der Waals surface area contributed by atoms with E-state index < -0.39 is 37.1 Å².